The Labute approximate surface area is 240 Å². The second kappa shape index (κ2) is 12.0. The normalized spacial score (nSPS) is 30.6. The minimum Gasteiger partial charge on any atom is -0.396 e. The van der Waals surface area contributed by atoms with E-state index in [0.717, 1.165) is 21.9 Å². The van der Waals surface area contributed by atoms with Gasteiger partial charge in [0.05, 0.1) is 32.5 Å². The lowest BCUT2D eigenvalue weighted by atomic mass is 9.93. The highest BCUT2D eigenvalue weighted by atomic mass is 32.2. The molecule has 210 valence electrons. The van der Waals surface area contributed by atoms with Crippen molar-refractivity contribution in [3.63, 3.8) is 0 Å². The van der Waals surface area contributed by atoms with Crippen molar-refractivity contribution in [2.45, 2.75) is 55.2 Å². The Morgan fingerprint density at radius 2 is 1.27 bits per heavy atom. The van der Waals surface area contributed by atoms with Crippen molar-refractivity contribution < 1.29 is 24.1 Å². The Morgan fingerprint density at radius 1 is 0.775 bits per heavy atom. The van der Waals surface area contributed by atoms with Crippen LogP contribution in [0, 0.1) is 5.92 Å². The van der Waals surface area contributed by atoms with Gasteiger partial charge in [0.15, 0.2) is 5.17 Å². The molecule has 2 heterocycles. The van der Waals surface area contributed by atoms with Gasteiger partial charge in [-0.1, -0.05) is 103 Å². The zero-order valence-electron chi connectivity index (χ0n) is 22.8. The number of hydrogen-bond acceptors (Lipinski definition) is 8. The van der Waals surface area contributed by atoms with E-state index < -0.39 is 17.8 Å². The summed E-state index contributed by atoms with van der Waals surface area (Å²) in [6.45, 7) is 1.17. The SMILES string of the molecule is CN(C)C1=N[C@@H]2[C@@H](OCc3ccccc3)[C@H](OCc3ccccc3)C3(O[C@@H]2S1)C(CO)C3OCc1ccccc1. The lowest BCUT2D eigenvalue weighted by Crippen LogP contribution is -2.60. The van der Waals surface area contributed by atoms with Gasteiger partial charge in [0.2, 0.25) is 0 Å². The smallest absolute Gasteiger partial charge is 0.161 e. The third-order valence-corrected chi connectivity index (χ3v) is 9.14. The van der Waals surface area contributed by atoms with E-state index in [1.54, 1.807) is 11.8 Å². The standard InChI is InChI=1S/C32H36N2O5S/c1-34(2)31-33-26-27(36-19-22-12-6-3-7-13-22)29(38-21-24-16-10-5-11-17-24)32(39-30(26)40-31)25(18-35)28(32)37-20-23-14-8-4-9-15-23/h3-17,25-30,35H,18-21H2,1-2H3/t25?,26-,27-,28?,29+,30-,32?/m1/s1. The molecule has 3 aromatic rings. The van der Waals surface area contributed by atoms with Crippen molar-refractivity contribution >= 4 is 16.9 Å². The summed E-state index contributed by atoms with van der Waals surface area (Å²) in [6, 6.07) is 30.1. The van der Waals surface area contributed by atoms with Crippen LogP contribution in [0.1, 0.15) is 16.7 Å². The maximum Gasteiger partial charge on any atom is 0.161 e. The van der Waals surface area contributed by atoms with Crippen LogP contribution in [0.5, 0.6) is 0 Å². The Kier molecular flexibility index (Phi) is 8.25. The van der Waals surface area contributed by atoms with E-state index in [4.69, 9.17) is 23.9 Å². The van der Waals surface area contributed by atoms with E-state index in [1.165, 1.54) is 0 Å². The molecule has 8 heteroatoms. The monoisotopic (exact) mass is 560 g/mol. The van der Waals surface area contributed by atoms with Crippen molar-refractivity contribution in [1.82, 2.24) is 4.90 Å². The van der Waals surface area contributed by atoms with Crippen LogP contribution in [-0.4, -0.2) is 71.3 Å². The lowest BCUT2D eigenvalue weighted by molar-refractivity contribution is -0.224. The molecule has 6 rings (SSSR count). The summed E-state index contributed by atoms with van der Waals surface area (Å²) in [5.74, 6) is -0.246. The summed E-state index contributed by atoms with van der Waals surface area (Å²) in [6.07, 6.45) is -1.24. The minimum atomic E-state index is -0.856. The fourth-order valence-corrected chi connectivity index (χ4v) is 6.94. The molecule has 1 saturated heterocycles. The van der Waals surface area contributed by atoms with Crippen LogP contribution in [0.2, 0.25) is 0 Å². The van der Waals surface area contributed by atoms with Gasteiger partial charge in [-0.25, -0.2) is 0 Å². The highest BCUT2D eigenvalue weighted by Gasteiger charge is 2.77. The Hall–Kier alpha value is -2.72. The zero-order chi connectivity index (χ0) is 27.5. The zero-order valence-corrected chi connectivity index (χ0v) is 23.7. The second-order valence-electron chi connectivity index (χ2n) is 10.7. The fourth-order valence-electron chi connectivity index (χ4n) is 5.77. The maximum atomic E-state index is 10.6. The molecule has 1 N–H and O–H groups in total. The molecule has 7 atom stereocenters. The summed E-state index contributed by atoms with van der Waals surface area (Å²) < 4.78 is 26.8. The number of hydrogen-bond donors (Lipinski definition) is 1. The Bertz CT molecular complexity index is 1280. The van der Waals surface area contributed by atoms with Crippen molar-refractivity contribution in [3.8, 4) is 0 Å². The average Bonchev–Trinajstić information content (AvgIpc) is 3.36. The van der Waals surface area contributed by atoms with Gasteiger partial charge in [0.1, 0.15) is 29.3 Å². The van der Waals surface area contributed by atoms with E-state index in [9.17, 15) is 5.11 Å². The molecule has 3 aliphatic rings. The first-order valence-corrected chi connectivity index (χ1v) is 14.6. The van der Waals surface area contributed by atoms with E-state index in [1.807, 2.05) is 97.9 Å². The predicted octanol–water partition coefficient (Wildman–Crippen LogP) is 4.49. The van der Waals surface area contributed by atoms with Crippen molar-refractivity contribution in [3.05, 3.63) is 108 Å². The molecule has 3 aromatic carbocycles. The Balaban J connectivity index is 1.33. The summed E-state index contributed by atoms with van der Waals surface area (Å²) in [7, 11) is 3.98. The molecule has 1 spiro atoms. The molecule has 7 nitrogen and oxygen atoms in total. The van der Waals surface area contributed by atoms with Crippen LogP contribution in [-0.2, 0) is 38.8 Å². The first-order chi connectivity index (χ1) is 19.6. The van der Waals surface area contributed by atoms with E-state index >= 15 is 0 Å². The molecule has 0 amide bonds. The molecule has 2 aliphatic heterocycles. The molecule has 0 aromatic heterocycles. The van der Waals surface area contributed by atoms with E-state index in [-0.39, 0.29) is 30.1 Å². The molecule has 0 radical (unpaired) electrons. The predicted molar refractivity (Wildman–Crippen MR) is 156 cm³/mol. The van der Waals surface area contributed by atoms with Gasteiger partial charge >= 0.3 is 0 Å². The topological polar surface area (TPSA) is 72.8 Å². The first kappa shape index (κ1) is 27.4. The highest BCUT2D eigenvalue weighted by molar-refractivity contribution is 8.14. The number of rotatable bonds is 10. The summed E-state index contributed by atoms with van der Waals surface area (Å²) >= 11 is 1.60. The molecule has 3 unspecified atom stereocenters. The molecule has 1 aliphatic carbocycles. The second-order valence-corrected chi connectivity index (χ2v) is 11.8. The molecule has 2 fully saturated rings. The van der Waals surface area contributed by atoms with Gasteiger partial charge in [-0.15, -0.1) is 0 Å². The third-order valence-electron chi connectivity index (χ3n) is 7.85. The quantitative estimate of drug-likeness (QED) is 0.392. The van der Waals surface area contributed by atoms with Crippen molar-refractivity contribution in [2.75, 3.05) is 20.7 Å². The van der Waals surface area contributed by atoms with Crippen LogP contribution in [0.15, 0.2) is 96.0 Å². The van der Waals surface area contributed by atoms with Gasteiger partial charge in [-0.3, -0.25) is 4.99 Å². The van der Waals surface area contributed by atoms with Gasteiger partial charge in [0, 0.05) is 20.0 Å². The van der Waals surface area contributed by atoms with Crippen molar-refractivity contribution in [1.29, 1.82) is 0 Å². The first-order valence-electron chi connectivity index (χ1n) is 13.8. The minimum absolute atomic E-state index is 0.0699. The van der Waals surface area contributed by atoms with Crippen LogP contribution in [0.25, 0.3) is 0 Å². The molecule has 1 saturated carbocycles. The number of nitrogens with zero attached hydrogens (tertiary/aromatic N) is 2. The van der Waals surface area contributed by atoms with Crippen LogP contribution >= 0.6 is 11.8 Å². The van der Waals surface area contributed by atoms with Crippen LogP contribution in [0.4, 0.5) is 0 Å². The number of benzene rings is 3. The number of fused-ring (bicyclic) bond motifs is 1. The number of thioether (sulfide) groups is 1. The summed E-state index contributed by atoms with van der Waals surface area (Å²) in [4.78, 5) is 7.05. The van der Waals surface area contributed by atoms with Gasteiger partial charge in [-0.2, -0.15) is 0 Å². The van der Waals surface area contributed by atoms with Gasteiger partial charge < -0.3 is 29.0 Å². The summed E-state index contributed by atoms with van der Waals surface area (Å²) in [5, 5.41) is 11.5. The van der Waals surface area contributed by atoms with Crippen LogP contribution < -0.4 is 0 Å². The molecule has 40 heavy (non-hydrogen) atoms. The Morgan fingerprint density at radius 3 is 1.77 bits per heavy atom. The van der Waals surface area contributed by atoms with Crippen molar-refractivity contribution in [2.24, 2.45) is 10.9 Å². The highest BCUT2D eigenvalue weighted by Crippen LogP contribution is 2.59. The fraction of sp³-hybridized carbons (Fsp3) is 0.406. The number of aliphatic imine (C=N–C) groups is 1. The maximum absolute atomic E-state index is 10.6. The number of aliphatic hydroxyl groups is 1. The molecular weight excluding hydrogens is 524 g/mol. The number of ether oxygens (including phenoxy) is 4. The molecule has 0 bridgehead atoms. The number of aliphatic hydroxyl groups excluding tert-OH is 1. The van der Waals surface area contributed by atoms with Gasteiger partial charge in [0.25, 0.3) is 0 Å². The average molecular weight is 561 g/mol. The van der Waals surface area contributed by atoms with Gasteiger partial charge in [-0.05, 0) is 16.7 Å². The lowest BCUT2D eigenvalue weighted by Gasteiger charge is -2.44. The van der Waals surface area contributed by atoms with E-state index in [2.05, 4.69) is 12.1 Å². The summed E-state index contributed by atoms with van der Waals surface area (Å²) in [5.41, 5.74) is 2.08. The third kappa shape index (κ3) is 5.44. The number of amidine groups is 1. The largest absolute Gasteiger partial charge is 0.396 e. The van der Waals surface area contributed by atoms with E-state index in [0.29, 0.717) is 19.8 Å². The van der Waals surface area contributed by atoms with Crippen LogP contribution in [0.3, 0.4) is 0 Å². The molecular formula is C32H36N2O5S.